The summed E-state index contributed by atoms with van der Waals surface area (Å²) in [4.78, 5) is 0.583. The van der Waals surface area contributed by atoms with Gasteiger partial charge in [-0.1, -0.05) is 29.8 Å². The van der Waals surface area contributed by atoms with Gasteiger partial charge < -0.3 is 0 Å². The molecule has 0 aliphatic rings. The standard InChI is InChI=1S/C12H20Br2N2/c1-5-16-11(12(14)9(4)15-16)7-6-10(13)8(2)3/h8,10H,5-7H2,1-4H3. The lowest BCUT2D eigenvalue weighted by Crippen LogP contribution is -2.11. The highest BCUT2D eigenvalue weighted by molar-refractivity contribution is 9.10. The van der Waals surface area contributed by atoms with Gasteiger partial charge in [-0.25, -0.2) is 0 Å². The van der Waals surface area contributed by atoms with Crippen LogP contribution in [0.2, 0.25) is 0 Å². The maximum Gasteiger partial charge on any atom is 0.0738 e. The zero-order chi connectivity index (χ0) is 12.3. The van der Waals surface area contributed by atoms with Crippen LogP contribution in [-0.4, -0.2) is 14.6 Å². The van der Waals surface area contributed by atoms with Crippen molar-refractivity contribution in [2.24, 2.45) is 5.92 Å². The van der Waals surface area contributed by atoms with Gasteiger partial charge in [-0.3, -0.25) is 4.68 Å². The topological polar surface area (TPSA) is 17.8 Å². The molecule has 0 saturated heterocycles. The van der Waals surface area contributed by atoms with E-state index in [0.717, 1.165) is 25.1 Å². The van der Waals surface area contributed by atoms with Crippen molar-refractivity contribution in [3.8, 4) is 0 Å². The largest absolute Gasteiger partial charge is 0.268 e. The molecule has 1 rings (SSSR count). The number of rotatable bonds is 5. The molecular formula is C12H20Br2N2. The van der Waals surface area contributed by atoms with Crippen molar-refractivity contribution in [3.63, 3.8) is 0 Å². The van der Waals surface area contributed by atoms with Crippen LogP contribution in [0, 0.1) is 12.8 Å². The second-order valence-corrected chi connectivity index (χ2v) is 6.43. The molecule has 0 amide bonds. The number of alkyl halides is 1. The van der Waals surface area contributed by atoms with E-state index in [1.54, 1.807) is 0 Å². The summed E-state index contributed by atoms with van der Waals surface area (Å²) >= 11 is 7.36. The number of aryl methyl sites for hydroxylation is 2. The van der Waals surface area contributed by atoms with Gasteiger partial charge in [0.2, 0.25) is 0 Å². The molecule has 0 bridgehead atoms. The lowest BCUT2D eigenvalue weighted by Gasteiger charge is -2.14. The first-order chi connectivity index (χ1) is 7.47. The lowest BCUT2D eigenvalue weighted by molar-refractivity contribution is 0.554. The van der Waals surface area contributed by atoms with E-state index in [1.807, 2.05) is 6.92 Å². The van der Waals surface area contributed by atoms with Crippen LogP contribution in [0.1, 0.15) is 38.6 Å². The Hall–Kier alpha value is 0.170. The van der Waals surface area contributed by atoms with E-state index in [4.69, 9.17) is 0 Å². The molecule has 0 radical (unpaired) electrons. The van der Waals surface area contributed by atoms with Crippen molar-refractivity contribution in [3.05, 3.63) is 15.9 Å². The zero-order valence-electron chi connectivity index (χ0n) is 10.4. The van der Waals surface area contributed by atoms with Crippen LogP contribution in [0.25, 0.3) is 0 Å². The summed E-state index contributed by atoms with van der Waals surface area (Å²) in [6.07, 6.45) is 2.23. The SMILES string of the molecule is CCn1nc(C)c(Br)c1CCC(Br)C(C)C. The Morgan fingerprint density at radius 1 is 1.38 bits per heavy atom. The molecule has 1 atom stereocenters. The van der Waals surface area contributed by atoms with Gasteiger partial charge in [-0.05, 0) is 48.5 Å². The number of hydrogen-bond acceptors (Lipinski definition) is 1. The van der Waals surface area contributed by atoms with E-state index >= 15 is 0 Å². The maximum atomic E-state index is 4.51. The van der Waals surface area contributed by atoms with E-state index in [1.165, 1.54) is 10.2 Å². The average molecular weight is 352 g/mol. The molecule has 1 heterocycles. The molecule has 0 aromatic carbocycles. The number of hydrogen-bond donors (Lipinski definition) is 0. The van der Waals surface area contributed by atoms with Crippen LogP contribution in [0.15, 0.2) is 4.47 Å². The highest BCUT2D eigenvalue weighted by Crippen LogP contribution is 2.25. The summed E-state index contributed by atoms with van der Waals surface area (Å²) in [5.41, 5.74) is 2.41. The van der Waals surface area contributed by atoms with Crippen LogP contribution in [0.4, 0.5) is 0 Å². The monoisotopic (exact) mass is 350 g/mol. The molecule has 0 fully saturated rings. The lowest BCUT2D eigenvalue weighted by atomic mass is 10.1. The van der Waals surface area contributed by atoms with E-state index in [9.17, 15) is 0 Å². The summed E-state index contributed by atoms with van der Waals surface area (Å²) in [5, 5.41) is 4.51. The van der Waals surface area contributed by atoms with Gasteiger partial charge in [0.05, 0.1) is 15.9 Å². The minimum Gasteiger partial charge on any atom is -0.268 e. The van der Waals surface area contributed by atoms with Gasteiger partial charge in [0.15, 0.2) is 0 Å². The molecule has 1 aromatic rings. The maximum absolute atomic E-state index is 4.51. The second-order valence-electron chi connectivity index (χ2n) is 4.46. The predicted molar refractivity (Wildman–Crippen MR) is 76.2 cm³/mol. The summed E-state index contributed by atoms with van der Waals surface area (Å²) in [7, 11) is 0. The molecule has 0 saturated carbocycles. The quantitative estimate of drug-likeness (QED) is 0.722. The minimum absolute atomic E-state index is 0.583. The average Bonchev–Trinajstić information content (AvgIpc) is 2.51. The summed E-state index contributed by atoms with van der Waals surface area (Å²) < 4.78 is 3.28. The molecule has 0 spiro atoms. The Balaban J connectivity index is 2.73. The molecule has 92 valence electrons. The van der Waals surface area contributed by atoms with E-state index < -0.39 is 0 Å². The highest BCUT2D eigenvalue weighted by Gasteiger charge is 2.15. The van der Waals surface area contributed by atoms with Gasteiger partial charge in [0, 0.05) is 11.4 Å². The number of aromatic nitrogens is 2. The fourth-order valence-corrected chi connectivity index (χ4v) is 2.43. The Morgan fingerprint density at radius 3 is 2.50 bits per heavy atom. The molecule has 0 aliphatic carbocycles. The third kappa shape index (κ3) is 3.33. The molecule has 0 aliphatic heterocycles. The van der Waals surface area contributed by atoms with Crippen LogP contribution in [0.5, 0.6) is 0 Å². The van der Waals surface area contributed by atoms with Crippen molar-refractivity contribution in [1.82, 2.24) is 9.78 Å². The van der Waals surface area contributed by atoms with Crippen LogP contribution in [-0.2, 0) is 13.0 Å². The van der Waals surface area contributed by atoms with Gasteiger partial charge in [-0.2, -0.15) is 5.10 Å². The normalized spacial score (nSPS) is 13.4. The first kappa shape index (κ1) is 14.2. The molecule has 16 heavy (non-hydrogen) atoms. The van der Waals surface area contributed by atoms with Crippen molar-refractivity contribution >= 4 is 31.9 Å². The van der Waals surface area contributed by atoms with Gasteiger partial charge >= 0.3 is 0 Å². The van der Waals surface area contributed by atoms with E-state index in [2.05, 4.69) is 62.4 Å². The van der Waals surface area contributed by atoms with Gasteiger partial charge in [-0.15, -0.1) is 0 Å². The number of nitrogens with zero attached hydrogens (tertiary/aromatic N) is 2. The zero-order valence-corrected chi connectivity index (χ0v) is 13.6. The van der Waals surface area contributed by atoms with Crippen LogP contribution in [0.3, 0.4) is 0 Å². The Labute approximate surface area is 115 Å². The third-order valence-corrected chi connectivity index (χ3v) is 5.38. The highest BCUT2D eigenvalue weighted by atomic mass is 79.9. The van der Waals surface area contributed by atoms with Gasteiger partial charge in [0.25, 0.3) is 0 Å². The van der Waals surface area contributed by atoms with Crippen LogP contribution >= 0.6 is 31.9 Å². The Morgan fingerprint density at radius 2 is 2.00 bits per heavy atom. The first-order valence-corrected chi connectivity index (χ1v) is 7.54. The van der Waals surface area contributed by atoms with Crippen molar-refractivity contribution in [2.75, 3.05) is 0 Å². The molecule has 1 unspecified atom stereocenters. The minimum atomic E-state index is 0.583. The molecule has 1 aromatic heterocycles. The third-order valence-electron chi connectivity index (χ3n) is 2.83. The Bertz CT molecular complexity index is 345. The fourth-order valence-electron chi connectivity index (χ4n) is 1.72. The molecular weight excluding hydrogens is 332 g/mol. The molecule has 2 nitrogen and oxygen atoms in total. The molecule has 0 N–H and O–H groups in total. The van der Waals surface area contributed by atoms with Gasteiger partial charge in [0.1, 0.15) is 0 Å². The molecule has 4 heteroatoms. The Kier molecular flexibility index (Phi) is 5.51. The summed E-state index contributed by atoms with van der Waals surface area (Å²) in [6.45, 7) is 9.62. The first-order valence-electron chi connectivity index (χ1n) is 5.83. The summed E-state index contributed by atoms with van der Waals surface area (Å²) in [5.74, 6) is 0.679. The predicted octanol–water partition coefficient (Wildman–Crippen LogP) is 4.33. The smallest absolute Gasteiger partial charge is 0.0738 e. The van der Waals surface area contributed by atoms with Crippen LogP contribution < -0.4 is 0 Å². The van der Waals surface area contributed by atoms with Crippen molar-refractivity contribution < 1.29 is 0 Å². The van der Waals surface area contributed by atoms with E-state index in [-0.39, 0.29) is 0 Å². The summed E-state index contributed by atoms with van der Waals surface area (Å²) in [6, 6.07) is 0. The second kappa shape index (κ2) is 6.20. The van der Waals surface area contributed by atoms with E-state index in [0.29, 0.717) is 10.7 Å². The fraction of sp³-hybridized carbons (Fsp3) is 0.750. The number of halogens is 2. The van der Waals surface area contributed by atoms with Crippen molar-refractivity contribution in [2.45, 2.75) is 51.9 Å². The van der Waals surface area contributed by atoms with Crippen molar-refractivity contribution in [1.29, 1.82) is 0 Å².